The van der Waals surface area contributed by atoms with Crippen molar-refractivity contribution in [2.75, 3.05) is 13.7 Å². The number of aromatic nitrogens is 1. The van der Waals surface area contributed by atoms with E-state index in [0.29, 0.717) is 18.3 Å². The fraction of sp³-hybridized carbons (Fsp3) is 0.333. The molecule has 5 heteroatoms. The topological polar surface area (TPSA) is 48.4 Å². The van der Waals surface area contributed by atoms with Gasteiger partial charge < -0.3 is 9.47 Å². The van der Waals surface area contributed by atoms with Crippen molar-refractivity contribution >= 4 is 32.8 Å². The van der Waals surface area contributed by atoms with Gasteiger partial charge in [0.2, 0.25) is 0 Å². The van der Waals surface area contributed by atoms with Crippen molar-refractivity contribution in [1.82, 2.24) is 4.98 Å². The van der Waals surface area contributed by atoms with E-state index in [1.807, 2.05) is 18.2 Å². The summed E-state index contributed by atoms with van der Waals surface area (Å²) in [5, 5.41) is 0.896. The van der Waals surface area contributed by atoms with Gasteiger partial charge in [0.25, 0.3) is 0 Å². The number of pyridine rings is 1. The van der Waals surface area contributed by atoms with Crippen LogP contribution < -0.4 is 4.74 Å². The van der Waals surface area contributed by atoms with Crippen LogP contribution in [0.25, 0.3) is 10.9 Å². The molecule has 0 amide bonds. The Morgan fingerprint density at radius 2 is 2.20 bits per heavy atom. The van der Waals surface area contributed by atoms with E-state index >= 15 is 0 Å². The lowest BCUT2D eigenvalue weighted by Crippen LogP contribution is -2.07. The highest BCUT2D eigenvalue weighted by Crippen LogP contribution is 2.33. The lowest BCUT2D eigenvalue weighted by atomic mass is 10.2. The van der Waals surface area contributed by atoms with Gasteiger partial charge in [-0.25, -0.2) is 9.78 Å². The molecule has 104 valence electrons. The molecule has 1 aliphatic carbocycles. The number of benzene rings is 1. The highest BCUT2D eigenvalue weighted by Gasteiger charge is 2.23. The van der Waals surface area contributed by atoms with Crippen molar-refractivity contribution < 1.29 is 14.3 Å². The van der Waals surface area contributed by atoms with Crippen LogP contribution in [0.1, 0.15) is 23.3 Å². The summed E-state index contributed by atoms with van der Waals surface area (Å²) < 4.78 is 11.6. The molecule has 1 fully saturated rings. The summed E-state index contributed by atoms with van der Waals surface area (Å²) in [6.07, 6.45) is 2.44. The van der Waals surface area contributed by atoms with E-state index in [-0.39, 0.29) is 5.69 Å². The van der Waals surface area contributed by atoms with Gasteiger partial charge in [0.05, 0.1) is 19.2 Å². The second-order valence-corrected chi connectivity index (χ2v) is 5.83. The van der Waals surface area contributed by atoms with Gasteiger partial charge >= 0.3 is 5.97 Å². The number of hydrogen-bond acceptors (Lipinski definition) is 4. The maximum absolute atomic E-state index is 11.7. The fourth-order valence-electron chi connectivity index (χ4n) is 1.99. The van der Waals surface area contributed by atoms with Gasteiger partial charge in [0, 0.05) is 15.9 Å². The maximum atomic E-state index is 11.7. The molecular formula is C15H14BrNO3. The van der Waals surface area contributed by atoms with Crippen molar-refractivity contribution in [3.63, 3.8) is 0 Å². The average Bonchev–Trinajstić information content (AvgIpc) is 3.28. The number of hydrogen-bond donors (Lipinski definition) is 0. The molecular weight excluding hydrogens is 322 g/mol. The van der Waals surface area contributed by atoms with Gasteiger partial charge in [-0.05, 0) is 37.0 Å². The van der Waals surface area contributed by atoms with Gasteiger partial charge in [0.15, 0.2) is 5.69 Å². The Balaban J connectivity index is 2.05. The smallest absolute Gasteiger partial charge is 0.356 e. The summed E-state index contributed by atoms with van der Waals surface area (Å²) in [7, 11) is 1.35. The summed E-state index contributed by atoms with van der Waals surface area (Å²) in [5.41, 5.74) is 0.995. The van der Waals surface area contributed by atoms with Gasteiger partial charge in [-0.3, -0.25) is 0 Å². The van der Waals surface area contributed by atoms with Crippen molar-refractivity contribution in [2.24, 2.45) is 5.92 Å². The quantitative estimate of drug-likeness (QED) is 0.801. The third kappa shape index (κ3) is 2.77. The number of ether oxygens (including phenoxy) is 2. The van der Waals surface area contributed by atoms with Crippen molar-refractivity contribution in [3.8, 4) is 5.75 Å². The van der Waals surface area contributed by atoms with Crippen molar-refractivity contribution in [3.05, 3.63) is 34.4 Å². The average molecular weight is 336 g/mol. The van der Waals surface area contributed by atoms with E-state index in [4.69, 9.17) is 9.47 Å². The second kappa shape index (κ2) is 5.40. The Bertz CT molecular complexity index is 667. The summed E-state index contributed by atoms with van der Waals surface area (Å²) in [6, 6.07) is 7.35. The third-order valence-electron chi connectivity index (χ3n) is 3.30. The molecule has 0 spiro atoms. The monoisotopic (exact) mass is 335 g/mol. The lowest BCUT2D eigenvalue weighted by Gasteiger charge is -2.10. The Morgan fingerprint density at radius 3 is 2.90 bits per heavy atom. The van der Waals surface area contributed by atoms with Crippen LogP contribution in [0.3, 0.4) is 0 Å². The molecule has 1 aliphatic rings. The van der Waals surface area contributed by atoms with Crippen molar-refractivity contribution in [1.29, 1.82) is 0 Å². The van der Waals surface area contributed by atoms with E-state index in [1.165, 1.54) is 20.0 Å². The zero-order chi connectivity index (χ0) is 14.1. The minimum atomic E-state index is -0.453. The molecule has 0 radical (unpaired) electrons. The highest BCUT2D eigenvalue weighted by molar-refractivity contribution is 9.10. The van der Waals surface area contributed by atoms with E-state index in [9.17, 15) is 4.79 Å². The molecule has 0 N–H and O–H groups in total. The molecule has 1 aromatic carbocycles. The standard InChI is InChI=1S/C15H14BrNO3/c1-19-15(18)13-7-14(20-8-9-2-3-9)11-6-10(16)4-5-12(11)17-13/h4-7,9H,2-3,8H2,1H3. The van der Waals surface area contributed by atoms with Crippen LogP contribution >= 0.6 is 15.9 Å². The number of carbonyl (C=O) groups is 1. The molecule has 1 aromatic heterocycles. The van der Waals surface area contributed by atoms with Crippen LogP contribution in [0.4, 0.5) is 0 Å². The molecule has 3 rings (SSSR count). The Hall–Kier alpha value is -1.62. The summed E-state index contributed by atoms with van der Waals surface area (Å²) in [5.74, 6) is 0.877. The van der Waals surface area contributed by atoms with Crippen LogP contribution in [0.2, 0.25) is 0 Å². The zero-order valence-electron chi connectivity index (χ0n) is 11.1. The predicted octanol–water partition coefficient (Wildman–Crippen LogP) is 3.57. The number of methoxy groups -OCH3 is 1. The molecule has 2 aromatic rings. The molecule has 20 heavy (non-hydrogen) atoms. The molecule has 0 atom stereocenters. The molecule has 1 saturated carbocycles. The van der Waals surface area contributed by atoms with E-state index < -0.39 is 5.97 Å². The largest absolute Gasteiger partial charge is 0.493 e. The van der Waals surface area contributed by atoms with E-state index in [1.54, 1.807) is 6.07 Å². The lowest BCUT2D eigenvalue weighted by molar-refractivity contribution is 0.0594. The number of nitrogens with zero attached hydrogens (tertiary/aromatic N) is 1. The summed E-state index contributed by atoms with van der Waals surface area (Å²) >= 11 is 3.45. The summed E-state index contributed by atoms with van der Waals surface area (Å²) in [6.45, 7) is 0.687. The minimum Gasteiger partial charge on any atom is -0.493 e. The van der Waals surface area contributed by atoms with Crippen LogP contribution in [0.5, 0.6) is 5.75 Å². The zero-order valence-corrected chi connectivity index (χ0v) is 12.6. The molecule has 1 heterocycles. The first-order valence-electron chi connectivity index (χ1n) is 6.49. The predicted molar refractivity (Wildman–Crippen MR) is 79.0 cm³/mol. The van der Waals surface area contributed by atoms with Gasteiger partial charge in [-0.15, -0.1) is 0 Å². The van der Waals surface area contributed by atoms with Crippen LogP contribution in [-0.2, 0) is 4.74 Å². The highest BCUT2D eigenvalue weighted by atomic mass is 79.9. The molecule has 0 bridgehead atoms. The number of halogens is 1. The Morgan fingerprint density at radius 1 is 1.40 bits per heavy atom. The Kier molecular flexibility index (Phi) is 3.61. The molecule has 0 unspecified atom stereocenters. The first-order chi connectivity index (χ1) is 9.67. The molecule has 4 nitrogen and oxygen atoms in total. The SMILES string of the molecule is COC(=O)c1cc(OCC2CC2)c2cc(Br)ccc2n1. The minimum absolute atomic E-state index is 0.271. The van der Waals surface area contributed by atoms with Gasteiger partial charge in [0.1, 0.15) is 5.75 Å². The van der Waals surface area contributed by atoms with E-state index in [2.05, 4.69) is 20.9 Å². The number of esters is 1. The van der Waals surface area contributed by atoms with Gasteiger partial charge in [-0.2, -0.15) is 0 Å². The normalized spacial score (nSPS) is 14.3. The summed E-state index contributed by atoms with van der Waals surface area (Å²) in [4.78, 5) is 16.0. The molecule has 0 aliphatic heterocycles. The Labute approximate surface area is 125 Å². The number of rotatable bonds is 4. The first kappa shape index (κ1) is 13.4. The maximum Gasteiger partial charge on any atom is 0.356 e. The third-order valence-corrected chi connectivity index (χ3v) is 3.79. The number of fused-ring (bicyclic) bond motifs is 1. The van der Waals surface area contributed by atoms with E-state index in [0.717, 1.165) is 15.4 Å². The second-order valence-electron chi connectivity index (χ2n) is 4.91. The first-order valence-corrected chi connectivity index (χ1v) is 7.28. The van der Waals surface area contributed by atoms with Gasteiger partial charge in [-0.1, -0.05) is 15.9 Å². The van der Waals surface area contributed by atoms with Crippen molar-refractivity contribution in [2.45, 2.75) is 12.8 Å². The number of carbonyl (C=O) groups excluding carboxylic acids is 1. The van der Waals surface area contributed by atoms with Crippen LogP contribution in [0, 0.1) is 5.92 Å². The molecule has 0 saturated heterocycles. The van der Waals surface area contributed by atoms with Crippen LogP contribution in [0.15, 0.2) is 28.7 Å². The fourth-order valence-corrected chi connectivity index (χ4v) is 2.35. The van der Waals surface area contributed by atoms with Crippen LogP contribution in [-0.4, -0.2) is 24.7 Å².